The molecule has 7 heteroatoms. The van der Waals surface area contributed by atoms with Gasteiger partial charge in [0, 0.05) is 26.2 Å². The number of nitrogens with one attached hydrogen (secondary N) is 1. The molecule has 0 spiro atoms. The summed E-state index contributed by atoms with van der Waals surface area (Å²) in [5.74, 6) is -1.10. The average molecular weight is 301 g/mol. The molecule has 0 saturated carbocycles. The first kappa shape index (κ1) is 17.7. The Kier molecular flexibility index (Phi) is 7.45. The van der Waals surface area contributed by atoms with E-state index in [2.05, 4.69) is 10.2 Å². The Balaban J connectivity index is 2.55. The van der Waals surface area contributed by atoms with Crippen LogP contribution in [0.1, 0.15) is 26.7 Å². The van der Waals surface area contributed by atoms with Crippen LogP contribution >= 0.6 is 0 Å². The predicted molar refractivity (Wildman–Crippen MR) is 79.1 cm³/mol. The van der Waals surface area contributed by atoms with Crippen LogP contribution in [0.2, 0.25) is 0 Å². The fourth-order valence-electron chi connectivity index (χ4n) is 2.45. The molecular formula is C14H27N3O4. The molecule has 122 valence electrons. The number of aliphatic hydroxyl groups excluding tert-OH is 1. The second kappa shape index (κ2) is 8.84. The number of nitrogens with zero attached hydrogens (tertiary/aromatic N) is 2. The van der Waals surface area contributed by atoms with E-state index in [1.54, 1.807) is 4.90 Å². The number of carboxylic acid groups (broad SMARTS) is 1. The molecule has 0 aromatic carbocycles. The van der Waals surface area contributed by atoms with E-state index in [0.717, 1.165) is 13.0 Å². The van der Waals surface area contributed by atoms with Gasteiger partial charge in [0.05, 0.1) is 6.61 Å². The van der Waals surface area contributed by atoms with Crippen LogP contribution in [0.3, 0.4) is 0 Å². The number of rotatable bonds is 6. The van der Waals surface area contributed by atoms with Crippen LogP contribution < -0.4 is 5.32 Å². The first-order valence-electron chi connectivity index (χ1n) is 7.61. The van der Waals surface area contributed by atoms with Crippen LogP contribution in [0.25, 0.3) is 0 Å². The first-order chi connectivity index (χ1) is 9.99. The zero-order chi connectivity index (χ0) is 15.8. The van der Waals surface area contributed by atoms with Gasteiger partial charge in [-0.25, -0.2) is 9.59 Å². The first-order valence-corrected chi connectivity index (χ1v) is 7.61. The highest BCUT2D eigenvalue weighted by atomic mass is 16.4. The van der Waals surface area contributed by atoms with Crippen molar-refractivity contribution in [2.24, 2.45) is 5.92 Å². The van der Waals surface area contributed by atoms with Gasteiger partial charge in [-0.15, -0.1) is 0 Å². The second-order valence-corrected chi connectivity index (χ2v) is 5.56. The number of hydrogen-bond donors (Lipinski definition) is 3. The summed E-state index contributed by atoms with van der Waals surface area (Å²) >= 11 is 0. The van der Waals surface area contributed by atoms with E-state index in [4.69, 9.17) is 5.11 Å². The molecule has 1 heterocycles. The summed E-state index contributed by atoms with van der Waals surface area (Å²) in [6.45, 7) is 7.17. The van der Waals surface area contributed by atoms with Crippen LogP contribution in [0, 0.1) is 5.92 Å². The maximum absolute atomic E-state index is 12.2. The fraction of sp³-hybridized carbons (Fsp3) is 0.857. The molecule has 0 aliphatic carbocycles. The largest absolute Gasteiger partial charge is 0.480 e. The third-order valence-electron chi connectivity index (χ3n) is 4.05. The zero-order valence-electron chi connectivity index (χ0n) is 12.9. The lowest BCUT2D eigenvalue weighted by Crippen LogP contribution is -2.51. The second-order valence-electron chi connectivity index (χ2n) is 5.56. The van der Waals surface area contributed by atoms with Gasteiger partial charge in [-0.05, 0) is 18.9 Å². The predicted octanol–water partition coefficient (Wildman–Crippen LogP) is 0.195. The minimum Gasteiger partial charge on any atom is -0.480 e. The Bertz CT molecular complexity index is 351. The molecule has 1 aliphatic heterocycles. The molecule has 0 aromatic heterocycles. The number of carbonyl (C=O) groups is 2. The van der Waals surface area contributed by atoms with Gasteiger partial charge >= 0.3 is 12.0 Å². The molecule has 3 N–H and O–H groups in total. The van der Waals surface area contributed by atoms with Gasteiger partial charge in [0.25, 0.3) is 0 Å². The molecule has 1 fully saturated rings. The molecule has 1 saturated heterocycles. The average Bonchev–Trinajstić information content (AvgIpc) is 2.69. The van der Waals surface area contributed by atoms with Crippen molar-refractivity contribution in [3.8, 4) is 0 Å². The summed E-state index contributed by atoms with van der Waals surface area (Å²) in [7, 11) is 0. The summed E-state index contributed by atoms with van der Waals surface area (Å²) < 4.78 is 0. The number of aliphatic carboxylic acids is 1. The molecule has 21 heavy (non-hydrogen) atoms. The quantitative estimate of drug-likeness (QED) is 0.651. The number of carboxylic acids is 1. The normalized spacial score (nSPS) is 19.7. The molecule has 1 unspecified atom stereocenters. The number of urea groups is 1. The van der Waals surface area contributed by atoms with Crippen molar-refractivity contribution in [2.75, 3.05) is 39.3 Å². The van der Waals surface area contributed by atoms with Gasteiger partial charge < -0.3 is 20.4 Å². The van der Waals surface area contributed by atoms with Gasteiger partial charge in [-0.1, -0.05) is 20.3 Å². The Hall–Kier alpha value is -1.34. The van der Waals surface area contributed by atoms with Crippen LogP contribution in [0.5, 0.6) is 0 Å². The van der Waals surface area contributed by atoms with Crippen molar-refractivity contribution in [3.05, 3.63) is 0 Å². The molecule has 0 bridgehead atoms. The van der Waals surface area contributed by atoms with Crippen molar-refractivity contribution in [1.29, 1.82) is 0 Å². The number of β-amino-alcohol motifs (C(OH)–C–C–N with tert-alkyl or cyclic N) is 1. The van der Waals surface area contributed by atoms with Crippen LogP contribution in [-0.4, -0.2) is 77.4 Å². The molecular weight excluding hydrogens is 274 g/mol. The summed E-state index contributed by atoms with van der Waals surface area (Å²) in [6, 6.07) is -1.16. The molecule has 2 atom stereocenters. The van der Waals surface area contributed by atoms with Crippen LogP contribution in [-0.2, 0) is 4.79 Å². The third kappa shape index (κ3) is 5.51. The highest BCUT2D eigenvalue weighted by Gasteiger charge is 2.28. The zero-order valence-corrected chi connectivity index (χ0v) is 12.9. The van der Waals surface area contributed by atoms with E-state index in [1.807, 2.05) is 13.8 Å². The molecule has 7 nitrogen and oxygen atoms in total. The van der Waals surface area contributed by atoms with Crippen LogP contribution in [0.4, 0.5) is 4.79 Å². The maximum Gasteiger partial charge on any atom is 0.326 e. The van der Waals surface area contributed by atoms with E-state index in [0.29, 0.717) is 32.6 Å². The molecule has 1 rings (SSSR count). The summed E-state index contributed by atoms with van der Waals surface area (Å²) in [5, 5.41) is 20.8. The summed E-state index contributed by atoms with van der Waals surface area (Å²) in [6.07, 6.45) is 1.52. The lowest BCUT2D eigenvalue weighted by molar-refractivity contribution is -0.140. The minimum absolute atomic E-state index is 0.107. The van der Waals surface area contributed by atoms with Gasteiger partial charge in [0.1, 0.15) is 6.04 Å². The summed E-state index contributed by atoms with van der Waals surface area (Å²) in [4.78, 5) is 27.3. The molecule has 2 amide bonds. The topological polar surface area (TPSA) is 93.1 Å². The molecule has 0 aromatic rings. The Labute approximate surface area is 125 Å². The number of hydrogen-bond acceptors (Lipinski definition) is 4. The van der Waals surface area contributed by atoms with E-state index in [-0.39, 0.29) is 18.6 Å². The van der Waals surface area contributed by atoms with Crippen molar-refractivity contribution >= 4 is 12.0 Å². The van der Waals surface area contributed by atoms with E-state index >= 15 is 0 Å². The van der Waals surface area contributed by atoms with Crippen molar-refractivity contribution in [2.45, 2.75) is 32.7 Å². The van der Waals surface area contributed by atoms with E-state index in [9.17, 15) is 14.7 Å². The maximum atomic E-state index is 12.2. The van der Waals surface area contributed by atoms with E-state index < -0.39 is 12.0 Å². The van der Waals surface area contributed by atoms with Gasteiger partial charge in [-0.3, -0.25) is 4.90 Å². The highest BCUT2D eigenvalue weighted by molar-refractivity contribution is 5.82. The van der Waals surface area contributed by atoms with Gasteiger partial charge in [-0.2, -0.15) is 0 Å². The number of amides is 2. The van der Waals surface area contributed by atoms with Gasteiger partial charge in [0.15, 0.2) is 0 Å². The number of aliphatic hydroxyl groups is 1. The Morgan fingerprint density at radius 2 is 1.95 bits per heavy atom. The Morgan fingerprint density at radius 1 is 1.24 bits per heavy atom. The van der Waals surface area contributed by atoms with Gasteiger partial charge in [0.2, 0.25) is 0 Å². The van der Waals surface area contributed by atoms with Crippen molar-refractivity contribution in [1.82, 2.24) is 15.1 Å². The molecule has 1 aliphatic rings. The lowest BCUT2D eigenvalue weighted by Gasteiger charge is -2.26. The third-order valence-corrected chi connectivity index (χ3v) is 4.05. The standard InChI is InChI=1S/C14H27N3O4/c1-3-11(2)12(13(19)20)15-14(21)17-6-4-5-16(7-8-17)9-10-18/h11-12,18H,3-10H2,1-2H3,(H,15,21)(H,19,20)/t11?,12-/m0/s1. The monoisotopic (exact) mass is 301 g/mol. The summed E-state index contributed by atoms with van der Waals surface area (Å²) in [5.41, 5.74) is 0. The molecule has 0 radical (unpaired) electrons. The Morgan fingerprint density at radius 3 is 2.52 bits per heavy atom. The minimum atomic E-state index is -0.991. The fourth-order valence-corrected chi connectivity index (χ4v) is 2.45. The number of carbonyl (C=O) groups excluding carboxylic acids is 1. The highest BCUT2D eigenvalue weighted by Crippen LogP contribution is 2.10. The van der Waals surface area contributed by atoms with Crippen LogP contribution in [0.15, 0.2) is 0 Å². The lowest BCUT2D eigenvalue weighted by atomic mass is 9.99. The van der Waals surface area contributed by atoms with Crippen molar-refractivity contribution in [3.63, 3.8) is 0 Å². The van der Waals surface area contributed by atoms with Crippen molar-refractivity contribution < 1.29 is 19.8 Å². The van der Waals surface area contributed by atoms with E-state index in [1.165, 1.54) is 0 Å². The smallest absolute Gasteiger partial charge is 0.326 e. The SMILES string of the molecule is CCC(C)[C@H](NC(=O)N1CCCN(CCO)CC1)C(=O)O.